The third-order valence-corrected chi connectivity index (χ3v) is 4.76. The van der Waals surface area contributed by atoms with Crippen LogP contribution in [0, 0.1) is 0 Å². The second kappa shape index (κ2) is 6.64. The maximum atomic E-state index is 10.5. The van der Waals surface area contributed by atoms with E-state index in [0.717, 1.165) is 30.1 Å². The number of hydrogen-bond donors (Lipinski definition) is 2. The molecule has 2 rings (SSSR count). The van der Waals surface area contributed by atoms with Crippen LogP contribution >= 0.6 is 11.8 Å². The first-order chi connectivity index (χ1) is 9.13. The van der Waals surface area contributed by atoms with Crippen LogP contribution in [-0.4, -0.2) is 35.9 Å². The first-order valence-electron chi connectivity index (χ1n) is 6.80. The fraction of sp³-hybridized carbons (Fsp3) is 0.600. The van der Waals surface area contributed by atoms with Crippen LogP contribution < -0.4 is 10.1 Å². The summed E-state index contributed by atoms with van der Waals surface area (Å²) in [5.74, 6) is 3.00. The monoisotopic (exact) mass is 281 g/mol. The fourth-order valence-electron chi connectivity index (χ4n) is 2.28. The molecule has 0 bridgehead atoms. The van der Waals surface area contributed by atoms with Gasteiger partial charge < -0.3 is 15.2 Å². The quantitative estimate of drug-likeness (QED) is 0.870. The molecule has 0 aromatic heterocycles. The lowest BCUT2D eigenvalue weighted by Crippen LogP contribution is -2.44. The van der Waals surface area contributed by atoms with Gasteiger partial charge >= 0.3 is 0 Å². The average molecular weight is 281 g/mol. The normalized spacial score (nSPS) is 19.9. The number of nitrogens with one attached hydrogen (secondary N) is 1. The first-order valence-corrected chi connectivity index (χ1v) is 7.96. The number of aliphatic hydroxyl groups is 1. The molecule has 1 heterocycles. The Bertz CT molecular complexity index is 388. The van der Waals surface area contributed by atoms with Crippen molar-refractivity contribution in [3.63, 3.8) is 0 Å². The molecule has 0 spiro atoms. The molecule has 0 saturated carbocycles. The Morgan fingerprint density at radius 1 is 1.32 bits per heavy atom. The van der Waals surface area contributed by atoms with Gasteiger partial charge in [-0.25, -0.2) is 0 Å². The standard InChI is InChI=1S/C15H23NO2S/c1-12(13-3-5-14(18-2)6-4-13)16-11-15(17)7-9-19-10-8-15/h3-6,12,16-17H,7-11H2,1-2H3. The van der Waals surface area contributed by atoms with Crippen LogP contribution in [0.2, 0.25) is 0 Å². The van der Waals surface area contributed by atoms with Crippen LogP contribution in [0.4, 0.5) is 0 Å². The van der Waals surface area contributed by atoms with Crippen molar-refractivity contribution in [2.75, 3.05) is 25.2 Å². The van der Waals surface area contributed by atoms with Crippen molar-refractivity contribution in [1.29, 1.82) is 0 Å². The van der Waals surface area contributed by atoms with E-state index in [2.05, 4.69) is 24.4 Å². The highest BCUT2D eigenvalue weighted by Crippen LogP contribution is 2.27. The smallest absolute Gasteiger partial charge is 0.118 e. The second-order valence-electron chi connectivity index (χ2n) is 5.21. The third kappa shape index (κ3) is 4.13. The van der Waals surface area contributed by atoms with Gasteiger partial charge in [0.05, 0.1) is 12.7 Å². The van der Waals surface area contributed by atoms with E-state index < -0.39 is 5.60 Å². The highest BCUT2D eigenvalue weighted by molar-refractivity contribution is 7.99. The van der Waals surface area contributed by atoms with Crippen molar-refractivity contribution in [1.82, 2.24) is 5.32 Å². The van der Waals surface area contributed by atoms with Crippen molar-refractivity contribution in [2.45, 2.75) is 31.4 Å². The summed E-state index contributed by atoms with van der Waals surface area (Å²) in [6.07, 6.45) is 1.78. The molecule has 1 unspecified atom stereocenters. The Hall–Kier alpha value is -0.710. The Morgan fingerprint density at radius 3 is 2.53 bits per heavy atom. The first kappa shape index (κ1) is 14.7. The van der Waals surface area contributed by atoms with Gasteiger partial charge in [0.15, 0.2) is 0 Å². The Kier molecular flexibility index (Phi) is 5.13. The average Bonchev–Trinajstić information content (AvgIpc) is 2.46. The maximum absolute atomic E-state index is 10.5. The molecule has 0 aliphatic carbocycles. The van der Waals surface area contributed by atoms with Crippen LogP contribution in [0.1, 0.15) is 31.4 Å². The summed E-state index contributed by atoms with van der Waals surface area (Å²) < 4.78 is 5.16. The fourth-order valence-corrected chi connectivity index (χ4v) is 3.53. The van der Waals surface area contributed by atoms with E-state index in [4.69, 9.17) is 4.74 Å². The largest absolute Gasteiger partial charge is 0.497 e. The van der Waals surface area contributed by atoms with E-state index in [0.29, 0.717) is 6.54 Å². The lowest BCUT2D eigenvalue weighted by molar-refractivity contribution is 0.0300. The topological polar surface area (TPSA) is 41.5 Å². The van der Waals surface area contributed by atoms with Gasteiger partial charge in [-0.1, -0.05) is 12.1 Å². The van der Waals surface area contributed by atoms with E-state index in [-0.39, 0.29) is 6.04 Å². The molecule has 4 heteroatoms. The summed E-state index contributed by atoms with van der Waals surface area (Å²) in [6.45, 7) is 2.80. The molecule has 0 amide bonds. The molecule has 1 aliphatic rings. The summed E-state index contributed by atoms with van der Waals surface area (Å²) >= 11 is 1.93. The van der Waals surface area contributed by atoms with Crippen molar-refractivity contribution in [3.05, 3.63) is 29.8 Å². The van der Waals surface area contributed by atoms with E-state index in [1.54, 1.807) is 7.11 Å². The highest BCUT2D eigenvalue weighted by atomic mass is 32.2. The van der Waals surface area contributed by atoms with Gasteiger partial charge in [-0.05, 0) is 49.0 Å². The Balaban J connectivity index is 1.87. The van der Waals surface area contributed by atoms with Gasteiger partial charge in [0, 0.05) is 12.6 Å². The van der Waals surface area contributed by atoms with Gasteiger partial charge in [0.1, 0.15) is 5.75 Å². The Morgan fingerprint density at radius 2 is 1.95 bits per heavy atom. The Labute approximate surface area is 119 Å². The number of benzene rings is 1. The zero-order valence-electron chi connectivity index (χ0n) is 11.7. The van der Waals surface area contributed by atoms with Gasteiger partial charge in [0.2, 0.25) is 0 Å². The van der Waals surface area contributed by atoms with Gasteiger partial charge in [-0.2, -0.15) is 11.8 Å². The molecule has 1 aromatic carbocycles. The maximum Gasteiger partial charge on any atom is 0.118 e. The number of rotatable bonds is 5. The number of methoxy groups -OCH3 is 1. The molecule has 3 nitrogen and oxygen atoms in total. The van der Waals surface area contributed by atoms with Crippen molar-refractivity contribution < 1.29 is 9.84 Å². The molecule has 2 N–H and O–H groups in total. The molecule has 0 radical (unpaired) electrons. The van der Waals surface area contributed by atoms with Crippen molar-refractivity contribution in [2.24, 2.45) is 0 Å². The molecule has 106 valence electrons. The molecule has 19 heavy (non-hydrogen) atoms. The predicted molar refractivity (Wildman–Crippen MR) is 80.9 cm³/mol. The van der Waals surface area contributed by atoms with E-state index in [1.165, 1.54) is 5.56 Å². The second-order valence-corrected chi connectivity index (χ2v) is 6.44. The number of hydrogen-bond acceptors (Lipinski definition) is 4. The van der Waals surface area contributed by atoms with E-state index in [1.807, 2.05) is 23.9 Å². The van der Waals surface area contributed by atoms with Gasteiger partial charge in [-0.15, -0.1) is 0 Å². The molecular weight excluding hydrogens is 258 g/mol. The zero-order chi connectivity index (χ0) is 13.7. The third-order valence-electron chi connectivity index (χ3n) is 3.78. The summed E-state index contributed by atoms with van der Waals surface area (Å²) in [5.41, 5.74) is 0.695. The molecule has 1 fully saturated rings. The van der Waals surface area contributed by atoms with E-state index in [9.17, 15) is 5.11 Å². The molecule has 1 aromatic rings. The van der Waals surface area contributed by atoms with Crippen LogP contribution in [-0.2, 0) is 0 Å². The SMILES string of the molecule is COc1ccc(C(C)NCC2(O)CCSCC2)cc1. The molecular formula is C15H23NO2S. The minimum atomic E-state index is -0.522. The van der Waals surface area contributed by atoms with Gasteiger partial charge in [-0.3, -0.25) is 0 Å². The molecule has 1 atom stereocenters. The van der Waals surface area contributed by atoms with Crippen LogP contribution in [0.5, 0.6) is 5.75 Å². The van der Waals surface area contributed by atoms with Crippen molar-refractivity contribution in [3.8, 4) is 5.75 Å². The van der Waals surface area contributed by atoms with Crippen LogP contribution in [0.25, 0.3) is 0 Å². The van der Waals surface area contributed by atoms with Crippen LogP contribution in [0.15, 0.2) is 24.3 Å². The number of ether oxygens (including phenoxy) is 1. The predicted octanol–water partition coefficient (Wildman–Crippen LogP) is 2.60. The number of thioether (sulfide) groups is 1. The van der Waals surface area contributed by atoms with Crippen LogP contribution in [0.3, 0.4) is 0 Å². The summed E-state index contributed by atoms with van der Waals surface area (Å²) in [7, 11) is 1.67. The summed E-state index contributed by atoms with van der Waals surface area (Å²) in [5, 5.41) is 13.9. The minimum absolute atomic E-state index is 0.240. The zero-order valence-corrected chi connectivity index (χ0v) is 12.5. The molecule has 1 saturated heterocycles. The summed E-state index contributed by atoms with van der Waals surface area (Å²) in [6, 6.07) is 8.32. The minimum Gasteiger partial charge on any atom is -0.497 e. The van der Waals surface area contributed by atoms with E-state index >= 15 is 0 Å². The highest BCUT2D eigenvalue weighted by Gasteiger charge is 2.29. The lowest BCUT2D eigenvalue weighted by Gasteiger charge is -2.33. The molecule has 1 aliphatic heterocycles. The van der Waals surface area contributed by atoms with Crippen molar-refractivity contribution >= 4 is 11.8 Å². The van der Waals surface area contributed by atoms with Gasteiger partial charge in [0.25, 0.3) is 0 Å². The summed E-state index contributed by atoms with van der Waals surface area (Å²) in [4.78, 5) is 0. The lowest BCUT2D eigenvalue weighted by atomic mass is 9.96.